The number of unbranched alkanes of at least 4 members (excludes halogenated alkanes) is 10. The number of rotatable bonds is 20. The van der Waals surface area contributed by atoms with Crippen LogP contribution in [0.15, 0.2) is 91.0 Å². The molecule has 0 aliphatic rings. The average Bonchev–Trinajstić information content (AvgIpc) is 3.05. The molecule has 0 aliphatic heterocycles. The molecule has 0 spiro atoms. The second kappa shape index (κ2) is 20.1. The van der Waals surface area contributed by atoms with Crippen LogP contribution >= 0.6 is 0 Å². The first-order valence-corrected chi connectivity index (χ1v) is 15.9. The van der Waals surface area contributed by atoms with E-state index in [9.17, 15) is 14.4 Å². The number of carbonyl (C=O) groups is 3. The lowest BCUT2D eigenvalue weighted by atomic mass is 10.0. The molecule has 0 fully saturated rings. The zero-order valence-electron chi connectivity index (χ0n) is 25.5. The van der Waals surface area contributed by atoms with E-state index in [1.54, 1.807) is 72.8 Å². The van der Waals surface area contributed by atoms with Gasteiger partial charge in [0, 0.05) is 5.56 Å². The van der Waals surface area contributed by atoms with Crippen LogP contribution in [0.5, 0.6) is 0 Å². The highest BCUT2D eigenvalue weighted by Crippen LogP contribution is 2.18. The topological polar surface area (TPSA) is 81.7 Å². The fourth-order valence-corrected chi connectivity index (χ4v) is 5.04. The van der Waals surface area contributed by atoms with Gasteiger partial charge < -0.3 is 14.8 Å². The summed E-state index contributed by atoms with van der Waals surface area (Å²) in [5, 5.41) is 2.99. The lowest BCUT2D eigenvalue weighted by molar-refractivity contribution is 0.00274. The van der Waals surface area contributed by atoms with Crippen molar-refractivity contribution in [2.24, 2.45) is 0 Å². The minimum atomic E-state index is -0.726. The molecule has 0 saturated heterocycles. The Morgan fingerprint density at radius 3 is 1.53 bits per heavy atom. The molecule has 3 aromatic carbocycles. The van der Waals surface area contributed by atoms with Crippen LogP contribution in [-0.4, -0.2) is 36.6 Å². The van der Waals surface area contributed by atoms with Gasteiger partial charge in [0.15, 0.2) is 0 Å². The first-order valence-electron chi connectivity index (χ1n) is 15.9. The molecule has 3 aromatic rings. The van der Waals surface area contributed by atoms with Crippen molar-refractivity contribution in [3.8, 4) is 0 Å². The molecule has 0 saturated carbocycles. The molecule has 0 aromatic heterocycles. The quantitative estimate of drug-likeness (QED) is 0.106. The number of nitrogens with one attached hydrogen (secondary N) is 1. The Morgan fingerprint density at radius 1 is 0.581 bits per heavy atom. The van der Waals surface area contributed by atoms with Crippen molar-refractivity contribution in [2.75, 3.05) is 6.61 Å². The third-order valence-electron chi connectivity index (χ3n) is 7.56. The molecular weight excluding hydrogens is 538 g/mol. The molecule has 1 amide bonds. The number of carbonyl (C=O) groups excluding carboxylic acids is 3. The van der Waals surface area contributed by atoms with Gasteiger partial charge in [-0.25, -0.2) is 9.59 Å². The lowest BCUT2D eigenvalue weighted by Gasteiger charge is -2.28. The van der Waals surface area contributed by atoms with Crippen LogP contribution in [-0.2, 0) is 9.47 Å². The highest BCUT2D eigenvalue weighted by Gasteiger charge is 2.29. The summed E-state index contributed by atoms with van der Waals surface area (Å²) in [5.74, 6) is -1.29. The Bertz CT molecular complexity index is 1200. The molecule has 0 bridgehead atoms. The molecule has 0 radical (unpaired) electrons. The Morgan fingerprint density at radius 2 is 1.02 bits per heavy atom. The molecule has 2 atom stereocenters. The van der Waals surface area contributed by atoms with Crippen LogP contribution in [0.1, 0.15) is 115 Å². The molecule has 1 N–H and O–H groups in total. The van der Waals surface area contributed by atoms with E-state index in [4.69, 9.17) is 9.47 Å². The lowest BCUT2D eigenvalue weighted by Crippen LogP contribution is -2.48. The predicted octanol–water partition coefficient (Wildman–Crippen LogP) is 8.57. The molecule has 0 aliphatic carbocycles. The second-order valence-corrected chi connectivity index (χ2v) is 11.0. The first-order chi connectivity index (χ1) is 21.1. The molecule has 230 valence electrons. The van der Waals surface area contributed by atoms with Gasteiger partial charge in [0.25, 0.3) is 5.91 Å². The summed E-state index contributed by atoms with van der Waals surface area (Å²) < 4.78 is 11.7. The van der Waals surface area contributed by atoms with Crippen LogP contribution in [0, 0.1) is 0 Å². The van der Waals surface area contributed by atoms with Gasteiger partial charge in [-0.15, -0.1) is 0 Å². The molecule has 43 heavy (non-hydrogen) atoms. The number of benzene rings is 3. The predicted molar refractivity (Wildman–Crippen MR) is 171 cm³/mol. The van der Waals surface area contributed by atoms with E-state index in [-0.39, 0.29) is 12.5 Å². The van der Waals surface area contributed by atoms with Gasteiger partial charge in [0.1, 0.15) is 18.8 Å². The standard InChI is InChI=1S/C37H47NO5/c1-2-3-4-5-6-7-8-9-10-11-21-28-34(43-37(41)32-26-19-14-20-27-32)33(38-35(39)30-22-15-12-16-23-30)29-42-36(40)31-24-17-13-18-25-31/h12-20,22-27,33-34H,2-11,21,28-29H2,1H3,(H,38,39)/t33-,34+/m1/s1. The highest BCUT2D eigenvalue weighted by atomic mass is 16.6. The Hall–Kier alpha value is -3.93. The maximum Gasteiger partial charge on any atom is 0.338 e. The van der Waals surface area contributed by atoms with Gasteiger partial charge in [-0.2, -0.15) is 0 Å². The van der Waals surface area contributed by atoms with Crippen LogP contribution in [0.2, 0.25) is 0 Å². The minimum absolute atomic E-state index is 0.128. The van der Waals surface area contributed by atoms with Gasteiger partial charge in [0.05, 0.1) is 11.1 Å². The zero-order chi connectivity index (χ0) is 30.5. The van der Waals surface area contributed by atoms with Crippen molar-refractivity contribution >= 4 is 17.8 Å². The molecular formula is C37H47NO5. The number of amides is 1. The Balaban J connectivity index is 1.65. The van der Waals surface area contributed by atoms with Gasteiger partial charge in [-0.05, 0) is 49.2 Å². The summed E-state index contributed by atoms with van der Waals surface area (Å²) in [7, 11) is 0. The summed E-state index contributed by atoms with van der Waals surface area (Å²) in [6.07, 6.45) is 13.1. The summed E-state index contributed by atoms with van der Waals surface area (Å²) in [6.45, 7) is 2.11. The van der Waals surface area contributed by atoms with Crippen LogP contribution in [0.25, 0.3) is 0 Å². The van der Waals surface area contributed by atoms with E-state index < -0.39 is 24.1 Å². The Kier molecular flexibility index (Phi) is 15.7. The minimum Gasteiger partial charge on any atom is -0.460 e. The number of esters is 2. The monoisotopic (exact) mass is 585 g/mol. The summed E-state index contributed by atoms with van der Waals surface area (Å²) in [5.41, 5.74) is 1.32. The van der Waals surface area contributed by atoms with Gasteiger partial charge in [0.2, 0.25) is 0 Å². The second-order valence-electron chi connectivity index (χ2n) is 11.0. The zero-order valence-corrected chi connectivity index (χ0v) is 25.5. The van der Waals surface area contributed by atoms with Crippen molar-refractivity contribution in [1.29, 1.82) is 0 Å². The van der Waals surface area contributed by atoms with Crippen LogP contribution < -0.4 is 5.32 Å². The number of ether oxygens (including phenoxy) is 2. The number of hydrogen-bond donors (Lipinski definition) is 1. The molecule has 6 nitrogen and oxygen atoms in total. The summed E-state index contributed by atoms with van der Waals surface area (Å²) in [6, 6.07) is 25.7. The summed E-state index contributed by atoms with van der Waals surface area (Å²) >= 11 is 0. The van der Waals surface area contributed by atoms with Crippen LogP contribution in [0.4, 0.5) is 0 Å². The van der Waals surface area contributed by atoms with Crippen molar-refractivity contribution in [1.82, 2.24) is 5.32 Å². The van der Waals surface area contributed by atoms with Gasteiger partial charge in [-0.3, -0.25) is 4.79 Å². The van der Waals surface area contributed by atoms with Crippen molar-refractivity contribution in [3.63, 3.8) is 0 Å². The van der Waals surface area contributed by atoms with E-state index in [1.165, 1.54) is 51.4 Å². The van der Waals surface area contributed by atoms with Crippen molar-refractivity contribution in [2.45, 2.75) is 96.1 Å². The third-order valence-corrected chi connectivity index (χ3v) is 7.56. The molecule has 0 heterocycles. The number of hydrogen-bond acceptors (Lipinski definition) is 5. The smallest absolute Gasteiger partial charge is 0.338 e. The molecule has 6 heteroatoms. The fourth-order valence-electron chi connectivity index (χ4n) is 5.04. The largest absolute Gasteiger partial charge is 0.460 e. The first kappa shape index (κ1) is 33.6. The maximum absolute atomic E-state index is 13.2. The SMILES string of the molecule is CCCCCCCCCCCCC[C@H](OC(=O)c1ccccc1)[C@@H](COC(=O)c1ccccc1)NC(=O)c1ccccc1. The van der Waals surface area contributed by atoms with E-state index in [2.05, 4.69) is 12.2 Å². The van der Waals surface area contributed by atoms with E-state index >= 15 is 0 Å². The maximum atomic E-state index is 13.2. The third kappa shape index (κ3) is 12.9. The van der Waals surface area contributed by atoms with E-state index in [1.807, 2.05) is 18.2 Å². The fraction of sp³-hybridized carbons (Fsp3) is 0.432. The highest BCUT2D eigenvalue weighted by molar-refractivity contribution is 5.94. The van der Waals surface area contributed by atoms with Crippen molar-refractivity contribution < 1.29 is 23.9 Å². The van der Waals surface area contributed by atoms with E-state index in [0.717, 1.165) is 19.3 Å². The van der Waals surface area contributed by atoms with Crippen molar-refractivity contribution in [3.05, 3.63) is 108 Å². The van der Waals surface area contributed by atoms with E-state index in [0.29, 0.717) is 23.1 Å². The van der Waals surface area contributed by atoms with Gasteiger partial charge >= 0.3 is 11.9 Å². The molecule has 0 unspecified atom stereocenters. The normalized spacial score (nSPS) is 12.2. The van der Waals surface area contributed by atoms with Gasteiger partial charge in [-0.1, -0.05) is 126 Å². The Labute approximate surface area is 257 Å². The average molecular weight is 586 g/mol. The molecule has 3 rings (SSSR count). The van der Waals surface area contributed by atoms with Crippen LogP contribution in [0.3, 0.4) is 0 Å². The summed E-state index contributed by atoms with van der Waals surface area (Å²) in [4.78, 5) is 39.1.